The first kappa shape index (κ1) is 27.7. The first-order chi connectivity index (χ1) is 17.3. The Morgan fingerprint density at radius 2 is 1.84 bits per heavy atom. The minimum absolute atomic E-state index is 0.164. The number of nitrogens with one attached hydrogen (secondary N) is 3. The van der Waals surface area contributed by atoms with Crippen LogP contribution in [0, 0.1) is 17.0 Å². The van der Waals surface area contributed by atoms with Crippen molar-refractivity contribution < 1.29 is 28.6 Å². The third-order valence-corrected chi connectivity index (χ3v) is 7.59. The van der Waals surface area contributed by atoms with E-state index in [-0.39, 0.29) is 22.0 Å². The lowest BCUT2D eigenvalue weighted by atomic mass is 9.62. The van der Waals surface area contributed by atoms with E-state index in [4.69, 9.17) is 28.3 Å². The highest BCUT2D eigenvalue weighted by molar-refractivity contribution is 6.31. The second-order valence-corrected chi connectivity index (χ2v) is 11.6. The molecule has 2 aromatic rings. The van der Waals surface area contributed by atoms with E-state index in [1.54, 1.807) is 0 Å². The molecule has 37 heavy (non-hydrogen) atoms. The number of halogens is 4. The highest BCUT2D eigenvalue weighted by Crippen LogP contribution is 2.57. The third kappa shape index (κ3) is 4.95. The maximum atomic E-state index is 14.9. The Kier molecular flexibility index (Phi) is 7.58. The van der Waals surface area contributed by atoms with Gasteiger partial charge in [0.15, 0.2) is 0 Å². The van der Waals surface area contributed by atoms with E-state index in [9.17, 15) is 23.5 Å². The molecular formula is C26H29Cl2F2N3O4. The Balaban J connectivity index is 1.95. The smallest absolute Gasteiger partial charge is 0.237 e. The van der Waals surface area contributed by atoms with Crippen LogP contribution in [0.1, 0.15) is 44.2 Å². The number of hydrogen-bond donors (Lipinski definition) is 5. The van der Waals surface area contributed by atoms with Gasteiger partial charge in [-0.1, -0.05) is 50.0 Å². The molecule has 0 radical (unpaired) electrons. The van der Waals surface area contributed by atoms with Crippen LogP contribution in [0.4, 0.5) is 14.5 Å². The molecular weight excluding hydrogens is 527 g/mol. The van der Waals surface area contributed by atoms with Crippen LogP contribution in [0.5, 0.6) is 0 Å². The molecule has 1 fully saturated rings. The van der Waals surface area contributed by atoms with Gasteiger partial charge in [0.2, 0.25) is 11.8 Å². The van der Waals surface area contributed by atoms with E-state index in [2.05, 4.69) is 16.0 Å². The molecule has 2 amide bonds. The zero-order chi connectivity index (χ0) is 27.3. The molecule has 2 aliphatic heterocycles. The molecule has 1 spiro atoms. The van der Waals surface area contributed by atoms with Gasteiger partial charge in [0.05, 0.1) is 28.8 Å². The molecule has 2 aromatic carbocycles. The minimum atomic E-state index is -1.48. The Hall–Kier alpha value is -2.30. The summed E-state index contributed by atoms with van der Waals surface area (Å²) >= 11 is 12.2. The number of hydrogen-bond acceptors (Lipinski definition) is 5. The number of aliphatic hydroxyl groups is 2. The second kappa shape index (κ2) is 10.1. The Morgan fingerprint density at radius 1 is 1.16 bits per heavy atom. The van der Waals surface area contributed by atoms with E-state index in [1.165, 1.54) is 24.3 Å². The molecule has 5 N–H and O–H groups in total. The fourth-order valence-corrected chi connectivity index (χ4v) is 5.89. The average molecular weight is 556 g/mol. The van der Waals surface area contributed by atoms with Crippen molar-refractivity contribution in [2.75, 3.05) is 18.5 Å². The molecule has 200 valence electrons. The fraction of sp³-hybridized carbons (Fsp3) is 0.462. The highest BCUT2D eigenvalue weighted by atomic mass is 35.5. The van der Waals surface area contributed by atoms with Gasteiger partial charge in [0, 0.05) is 24.2 Å². The normalized spacial score (nSPS) is 25.8. The van der Waals surface area contributed by atoms with Crippen molar-refractivity contribution in [1.29, 1.82) is 0 Å². The van der Waals surface area contributed by atoms with Gasteiger partial charge in [0.1, 0.15) is 17.0 Å². The topological polar surface area (TPSA) is 111 Å². The quantitative estimate of drug-likeness (QED) is 0.374. The maximum Gasteiger partial charge on any atom is 0.237 e. The predicted octanol–water partition coefficient (Wildman–Crippen LogP) is 3.49. The summed E-state index contributed by atoms with van der Waals surface area (Å²) < 4.78 is 29.0. The highest BCUT2D eigenvalue weighted by Gasteiger charge is 2.66. The Labute approximate surface area is 223 Å². The van der Waals surface area contributed by atoms with Gasteiger partial charge in [-0.2, -0.15) is 0 Å². The SMILES string of the molecule is CC(C)(C)C[C@H]1N[C@@H](C(=O)NC[C@H](O)CO)[C@H](c2ccc(F)c(Cl)c2)[C@@]12C(=O)Nc1cc(Cl)c(F)cc12. The molecule has 0 aromatic heterocycles. The number of anilines is 1. The number of fused-ring (bicyclic) bond motifs is 2. The van der Waals surface area contributed by atoms with Gasteiger partial charge in [-0.15, -0.1) is 0 Å². The van der Waals surface area contributed by atoms with Gasteiger partial charge in [-0.25, -0.2) is 8.78 Å². The number of benzene rings is 2. The lowest BCUT2D eigenvalue weighted by Crippen LogP contribution is -2.49. The minimum Gasteiger partial charge on any atom is -0.394 e. The lowest BCUT2D eigenvalue weighted by Gasteiger charge is -2.37. The van der Waals surface area contributed by atoms with Gasteiger partial charge in [-0.3, -0.25) is 9.59 Å². The van der Waals surface area contributed by atoms with Crippen molar-refractivity contribution in [3.63, 3.8) is 0 Å². The van der Waals surface area contributed by atoms with Gasteiger partial charge >= 0.3 is 0 Å². The summed E-state index contributed by atoms with van der Waals surface area (Å²) in [6, 6.07) is 4.83. The number of carbonyl (C=O) groups excluding carboxylic acids is 2. The third-order valence-electron chi connectivity index (χ3n) is 7.01. The summed E-state index contributed by atoms with van der Waals surface area (Å²) in [6.45, 7) is 5.16. The van der Waals surface area contributed by atoms with E-state index in [0.717, 1.165) is 6.07 Å². The molecule has 0 saturated carbocycles. The molecule has 0 unspecified atom stereocenters. The van der Waals surface area contributed by atoms with Crippen LogP contribution in [-0.2, 0) is 15.0 Å². The van der Waals surface area contributed by atoms with Crippen LogP contribution in [0.3, 0.4) is 0 Å². The standard InChI is InChI=1S/C26H29Cl2F2N3O4/c1-25(2,3)9-20-26(14-7-18(30)16(28)8-19(14)32-24(26)37)21(12-4-5-17(29)15(27)6-12)22(33-20)23(36)31-10-13(35)11-34/h4-8,13,20-22,33-35H,9-11H2,1-3H3,(H,31,36)(H,32,37)/t13-,20+,21-,22+,26-/m0/s1. The molecule has 7 nitrogen and oxygen atoms in total. The zero-order valence-electron chi connectivity index (χ0n) is 20.5. The molecule has 2 heterocycles. The van der Waals surface area contributed by atoms with Crippen LogP contribution >= 0.6 is 23.2 Å². The van der Waals surface area contributed by atoms with Crippen LogP contribution in [0.15, 0.2) is 30.3 Å². The number of carbonyl (C=O) groups is 2. The molecule has 0 bridgehead atoms. The van der Waals surface area contributed by atoms with Crippen molar-refractivity contribution in [2.24, 2.45) is 5.41 Å². The van der Waals surface area contributed by atoms with E-state index in [1.807, 2.05) is 20.8 Å². The monoisotopic (exact) mass is 555 g/mol. The van der Waals surface area contributed by atoms with Crippen molar-refractivity contribution in [3.8, 4) is 0 Å². The number of rotatable bonds is 6. The van der Waals surface area contributed by atoms with Gasteiger partial charge in [-0.05, 0) is 47.2 Å². The van der Waals surface area contributed by atoms with E-state index >= 15 is 0 Å². The molecule has 4 rings (SSSR count). The van der Waals surface area contributed by atoms with Gasteiger partial charge in [0.25, 0.3) is 0 Å². The molecule has 11 heteroatoms. The van der Waals surface area contributed by atoms with Crippen LogP contribution < -0.4 is 16.0 Å². The van der Waals surface area contributed by atoms with Crippen LogP contribution in [0.2, 0.25) is 10.0 Å². The van der Waals surface area contributed by atoms with Crippen LogP contribution in [0.25, 0.3) is 0 Å². The summed E-state index contributed by atoms with van der Waals surface area (Å²) in [5, 5.41) is 27.3. The summed E-state index contributed by atoms with van der Waals surface area (Å²) in [4.78, 5) is 27.5. The second-order valence-electron chi connectivity index (χ2n) is 10.8. The fourth-order valence-electron chi connectivity index (χ4n) is 5.53. The lowest BCUT2D eigenvalue weighted by molar-refractivity contribution is -0.124. The van der Waals surface area contributed by atoms with Crippen molar-refractivity contribution in [1.82, 2.24) is 10.6 Å². The largest absolute Gasteiger partial charge is 0.394 e. The van der Waals surface area contributed by atoms with Crippen molar-refractivity contribution in [2.45, 2.75) is 56.7 Å². The number of amides is 2. The number of aliphatic hydroxyl groups excluding tert-OH is 2. The van der Waals surface area contributed by atoms with Crippen molar-refractivity contribution in [3.05, 3.63) is 63.1 Å². The van der Waals surface area contributed by atoms with E-state index < -0.39 is 59.6 Å². The van der Waals surface area contributed by atoms with E-state index in [0.29, 0.717) is 23.2 Å². The first-order valence-corrected chi connectivity index (χ1v) is 12.6. The average Bonchev–Trinajstić information content (AvgIpc) is 3.28. The van der Waals surface area contributed by atoms with Crippen LogP contribution in [-0.4, -0.2) is 53.4 Å². The predicted molar refractivity (Wildman–Crippen MR) is 137 cm³/mol. The van der Waals surface area contributed by atoms with Gasteiger partial charge < -0.3 is 26.2 Å². The molecule has 5 atom stereocenters. The Bertz CT molecular complexity index is 1240. The summed E-state index contributed by atoms with van der Waals surface area (Å²) in [7, 11) is 0. The zero-order valence-corrected chi connectivity index (χ0v) is 22.1. The van der Waals surface area contributed by atoms with Crippen molar-refractivity contribution >= 4 is 40.7 Å². The summed E-state index contributed by atoms with van der Waals surface area (Å²) in [6.07, 6.45) is -0.770. The summed E-state index contributed by atoms with van der Waals surface area (Å²) in [5.74, 6) is -3.34. The molecule has 0 aliphatic carbocycles. The first-order valence-electron chi connectivity index (χ1n) is 11.9. The Morgan fingerprint density at radius 3 is 2.46 bits per heavy atom. The summed E-state index contributed by atoms with van der Waals surface area (Å²) in [5.41, 5.74) is -0.740. The molecule has 2 aliphatic rings. The maximum absolute atomic E-state index is 14.9. The molecule has 1 saturated heterocycles.